The van der Waals surface area contributed by atoms with E-state index in [1.807, 2.05) is 0 Å². The van der Waals surface area contributed by atoms with Crippen LogP contribution in [0.4, 0.5) is 0 Å². The van der Waals surface area contributed by atoms with E-state index in [4.69, 9.17) is 9.47 Å². The molecule has 2 heterocycles. The zero-order chi connectivity index (χ0) is 18.9. The minimum Gasteiger partial charge on any atom is -0.507 e. The van der Waals surface area contributed by atoms with E-state index in [-0.39, 0.29) is 35.2 Å². The van der Waals surface area contributed by atoms with Crippen LogP contribution in [-0.2, 0) is 9.53 Å². The summed E-state index contributed by atoms with van der Waals surface area (Å²) < 4.78 is 12.2. The fraction of sp³-hybridized carbons (Fsp3) is 0.556. The molecule has 1 unspecified atom stereocenters. The van der Waals surface area contributed by atoms with Crippen molar-refractivity contribution in [1.29, 1.82) is 0 Å². The quantitative estimate of drug-likeness (QED) is 0.740. The standard InChI is InChI=1S/C18H24N2O6/c1-20(2)6-7-25-12(11-20)8-16(22)19-9-13(10-19)26-15-5-3-4-14(21)17(15)18(23)24/h3-5,12-13H,6-11H2,1-2H3,(H-,21,23,24)/p+1. The largest absolute Gasteiger partial charge is 0.507 e. The summed E-state index contributed by atoms with van der Waals surface area (Å²) in [4.78, 5) is 25.3. The molecule has 1 aromatic rings. The number of likely N-dealkylation sites (tertiary alicyclic amines) is 1. The topological polar surface area (TPSA) is 96.3 Å². The summed E-state index contributed by atoms with van der Waals surface area (Å²) in [5.41, 5.74) is -0.257. The molecule has 2 aliphatic rings. The highest BCUT2D eigenvalue weighted by Gasteiger charge is 2.36. The Morgan fingerprint density at radius 3 is 2.73 bits per heavy atom. The van der Waals surface area contributed by atoms with E-state index in [2.05, 4.69) is 14.1 Å². The van der Waals surface area contributed by atoms with Gasteiger partial charge >= 0.3 is 5.97 Å². The first-order chi connectivity index (χ1) is 12.2. The molecular formula is C18H25N2O6+. The second kappa shape index (κ2) is 7.13. The van der Waals surface area contributed by atoms with Gasteiger partial charge < -0.3 is 29.1 Å². The summed E-state index contributed by atoms with van der Waals surface area (Å²) in [6, 6.07) is 4.33. The predicted molar refractivity (Wildman–Crippen MR) is 92.3 cm³/mol. The lowest BCUT2D eigenvalue weighted by molar-refractivity contribution is -0.901. The van der Waals surface area contributed by atoms with Gasteiger partial charge in [0.2, 0.25) is 5.91 Å². The molecule has 0 bridgehead atoms. The number of aromatic hydroxyl groups is 1. The van der Waals surface area contributed by atoms with Crippen LogP contribution < -0.4 is 4.74 Å². The van der Waals surface area contributed by atoms with Crippen molar-refractivity contribution in [1.82, 2.24) is 4.90 Å². The first-order valence-electron chi connectivity index (χ1n) is 8.68. The van der Waals surface area contributed by atoms with Crippen molar-refractivity contribution in [2.24, 2.45) is 0 Å². The molecule has 2 saturated heterocycles. The highest BCUT2D eigenvalue weighted by molar-refractivity contribution is 5.94. The molecule has 0 saturated carbocycles. The fourth-order valence-electron chi connectivity index (χ4n) is 3.34. The third-order valence-electron chi connectivity index (χ3n) is 4.86. The van der Waals surface area contributed by atoms with Crippen LogP contribution in [0.3, 0.4) is 0 Å². The lowest BCUT2D eigenvalue weighted by atomic mass is 10.1. The van der Waals surface area contributed by atoms with Gasteiger partial charge in [0.05, 0.1) is 40.2 Å². The Morgan fingerprint density at radius 1 is 1.35 bits per heavy atom. The Hall–Kier alpha value is -2.32. The first-order valence-corrected chi connectivity index (χ1v) is 8.68. The van der Waals surface area contributed by atoms with Gasteiger partial charge in [-0.15, -0.1) is 0 Å². The highest BCUT2D eigenvalue weighted by Crippen LogP contribution is 2.29. The number of likely N-dealkylation sites (N-methyl/N-ethyl adjacent to an activating group) is 1. The van der Waals surface area contributed by atoms with Gasteiger partial charge in [-0.25, -0.2) is 4.79 Å². The summed E-state index contributed by atoms with van der Waals surface area (Å²) in [7, 11) is 4.26. The number of carbonyl (C=O) groups excluding carboxylic acids is 1. The van der Waals surface area contributed by atoms with Crippen molar-refractivity contribution < 1.29 is 33.8 Å². The van der Waals surface area contributed by atoms with Crippen LogP contribution in [0.2, 0.25) is 0 Å². The van der Waals surface area contributed by atoms with Crippen LogP contribution in [0, 0.1) is 0 Å². The average Bonchev–Trinajstić information content (AvgIpc) is 2.48. The number of hydrogen-bond acceptors (Lipinski definition) is 5. The van der Waals surface area contributed by atoms with E-state index >= 15 is 0 Å². The average molecular weight is 365 g/mol. The van der Waals surface area contributed by atoms with Gasteiger partial charge in [0.1, 0.15) is 42.4 Å². The predicted octanol–water partition coefficient (Wildman–Crippen LogP) is 0.545. The van der Waals surface area contributed by atoms with Crippen LogP contribution >= 0.6 is 0 Å². The van der Waals surface area contributed by atoms with Crippen LogP contribution in [0.15, 0.2) is 18.2 Å². The van der Waals surface area contributed by atoms with Crippen molar-refractivity contribution in [3.05, 3.63) is 23.8 Å². The van der Waals surface area contributed by atoms with Crippen molar-refractivity contribution in [2.75, 3.05) is 46.9 Å². The molecular weight excluding hydrogens is 340 g/mol. The van der Waals surface area contributed by atoms with Gasteiger partial charge in [-0.05, 0) is 12.1 Å². The monoisotopic (exact) mass is 365 g/mol. The molecule has 1 atom stereocenters. The number of nitrogens with zero attached hydrogens (tertiary/aromatic N) is 2. The molecule has 0 radical (unpaired) electrons. The number of amides is 1. The second-order valence-electron chi connectivity index (χ2n) is 7.53. The first kappa shape index (κ1) is 18.5. The Morgan fingerprint density at radius 2 is 2.08 bits per heavy atom. The Balaban J connectivity index is 1.51. The van der Waals surface area contributed by atoms with E-state index < -0.39 is 5.97 Å². The number of carboxylic acid groups (broad SMARTS) is 1. The molecule has 2 aliphatic heterocycles. The molecule has 26 heavy (non-hydrogen) atoms. The molecule has 8 nitrogen and oxygen atoms in total. The molecule has 8 heteroatoms. The number of morpholine rings is 1. The molecule has 1 aromatic carbocycles. The molecule has 2 fully saturated rings. The maximum atomic E-state index is 12.4. The van der Waals surface area contributed by atoms with Gasteiger partial charge in [0.25, 0.3) is 0 Å². The molecule has 142 valence electrons. The lowest BCUT2D eigenvalue weighted by Crippen LogP contribution is -2.58. The Labute approximate surface area is 152 Å². The van der Waals surface area contributed by atoms with Crippen LogP contribution in [-0.4, -0.2) is 90.6 Å². The van der Waals surface area contributed by atoms with Crippen LogP contribution in [0.1, 0.15) is 16.8 Å². The van der Waals surface area contributed by atoms with Gasteiger partial charge in [0, 0.05) is 0 Å². The maximum absolute atomic E-state index is 12.4. The Bertz CT molecular complexity index is 699. The zero-order valence-electron chi connectivity index (χ0n) is 15.1. The number of rotatable bonds is 5. The number of phenols is 1. The van der Waals surface area contributed by atoms with Gasteiger partial charge in [-0.1, -0.05) is 6.07 Å². The summed E-state index contributed by atoms with van der Waals surface area (Å²) in [6.07, 6.45) is -0.00443. The number of carbonyl (C=O) groups is 2. The summed E-state index contributed by atoms with van der Waals surface area (Å²) in [5, 5.41) is 18.9. The van der Waals surface area contributed by atoms with E-state index in [1.54, 1.807) is 4.90 Å². The van der Waals surface area contributed by atoms with Crippen molar-refractivity contribution in [3.63, 3.8) is 0 Å². The molecule has 1 amide bonds. The van der Waals surface area contributed by atoms with Crippen molar-refractivity contribution >= 4 is 11.9 Å². The molecule has 3 rings (SSSR count). The van der Waals surface area contributed by atoms with Gasteiger partial charge in [-0.2, -0.15) is 0 Å². The smallest absolute Gasteiger partial charge is 0.343 e. The third kappa shape index (κ3) is 4.08. The molecule has 0 aliphatic carbocycles. The maximum Gasteiger partial charge on any atom is 0.343 e. The van der Waals surface area contributed by atoms with Crippen LogP contribution in [0.25, 0.3) is 0 Å². The van der Waals surface area contributed by atoms with E-state index in [0.29, 0.717) is 26.1 Å². The van der Waals surface area contributed by atoms with Crippen molar-refractivity contribution in [3.8, 4) is 11.5 Å². The number of hydrogen-bond donors (Lipinski definition) is 2. The third-order valence-corrected chi connectivity index (χ3v) is 4.86. The van der Waals surface area contributed by atoms with E-state index in [0.717, 1.165) is 17.6 Å². The molecule has 0 spiro atoms. The number of ether oxygens (including phenoxy) is 2. The lowest BCUT2D eigenvalue weighted by Gasteiger charge is -2.41. The Kier molecular flexibility index (Phi) is 5.06. The normalized spacial score (nSPS) is 22.5. The van der Waals surface area contributed by atoms with E-state index in [9.17, 15) is 19.8 Å². The highest BCUT2D eigenvalue weighted by atomic mass is 16.5. The van der Waals surface area contributed by atoms with Crippen LogP contribution in [0.5, 0.6) is 11.5 Å². The summed E-state index contributed by atoms with van der Waals surface area (Å²) in [6.45, 7) is 3.22. The molecule has 2 N–H and O–H groups in total. The number of quaternary nitrogens is 1. The van der Waals surface area contributed by atoms with Gasteiger partial charge in [-0.3, -0.25) is 4.79 Å². The number of carboxylic acids is 1. The van der Waals surface area contributed by atoms with Gasteiger partial charge in [0.15, 0.2) is 0 Å². The summed E-state index contributed by atoms with van der Waals surface area (Å²) in [5.74, 6) is -1.45. The number of benzene rings is 1. The minimum atomic E-state index is -1.25. The minimum absolute atomic E-state index is 0.0196. The second-order valence-corrected chi connectivity index (χ2v) is 7.53. The molecule has 0 aromatic heterocycles. The van der Waals surface area contributed by atoms with E-state index in [1.165, 1.54) is 18.2 Å². The SMILES string of the molecule is C[N+]1(C)CCOC(CC(=O)N2CC(Oc3cccc(O)c3C(=O)O)C2)C1. The zero-order valence-corrected chi connectivity index (χ0v) is 15.1. The summed E-state index contributed by atoms with van der Waals surface area (Å²) >= 11 is 0. The number of aromatic carboxylic acids is 1. The van der Waals surface area contributed by atoms with Crippen molar-refractivity contribution in [2.45, 2.75) is 18.6 Å². The fourth-order valence-corrected chi connectivity index (χ4v) is 3.34.